The van der Waals surface area contributed by atoms with Crippen molar-refractivity contribution in [2.75, 3.05) is 26.9 Å². The van der Waals surface area contributed by atoms with Crippen molar-refractivity contribution in [3.63, 3.8) is 0 Å². The lowest BCUT2D eigenvalue weighted by Crippen LogP contribution is -2.45. The molecule has 0 saturated carbocycles. The minimum Gasteiger partial charge on any atom is -0.490 e. The van der Waals surface area contributed by atoms with Crippen LogP contribution in [-0.2, 0) is 14.3 Å². The second-order valence-corrected chi connectivity index (χ2v) is 5.78. The molecule has 0 amide bonds. The van der Waals surface area contributed by atoms with Gasteiger partial charge in [0.1, 0.15) is 19.0 Å². The van der Waals surface area contributed by atoms with Gasteiger partial charge in [-0.25, -0.2) is 4.79 Å². The van der Waals surface area contributed by atoms with Gasteiger partial charge in [-0.3, -0.25) is 0 Å². The molecule has 0 spiro atoms. The number of hydrogen-bond donors (Lipinski definition) is 2. The summed E-state index contributed by atoms with van der Waals surface area (Å²) < 4.78 is 15.8. The average Bonchev–Trinajstić information content (AvgIpc) is 2.59. The van der Waals surface area contributed by atoms with E-state index >= 15 is 0 Å². The first-order valence-electron chi connectivity index (χ1n) is 7.84. The van der Waals surface area contributed by atoms with Crippen LogP contribution in [0.25, 0.3) is 0 Å². The Hall–Kier alpha value is -2.38. The van der Waals surface area contributed by atoms with Gasteiger partial charge >= 0.3 is 5.97 Å². The maximum atomic E-state index is 12.5. The largest absolute Gasteiger partial charge is 0.490 e. The fourth-order valence-electron chi connectivity index (χ4n) is 2.45. The Morgan fingerprint density at radius 1 is 1.40 bits per heavy atom. The number of hydrogen-bond acceptors (Lipinski definition) is 5. The zero-order valence-electron chi connectivity index (χ0n) is 14.3. The number of methoxy groups -OCH3 is 1. The van der Waals surface area contributed by atoms with E-state index in [4.69, 9.17) is 26.4 Å². The van der Waals surface area contributed by atoms with Crippen LogP contribution in [0.4, 0.5) is 0 Å². The van der Waals surface area contributed by atoms with Crippen LogP contribution in [0.3, 0.4) is 0 Å². The molecular formula is C18H22N2O4S. The first-order chi connectivity index (χ1) is 12.1. The van der Waals surface area contributed by atoms with Gasteiger partial charge in [0.25, 0.3) is 0 Å². The molecule has 0 radical (unpaired) electrons. The predicted molar refractivity (Wildman–Crippen MR) is 99.3 cm³/mol. The molecule has 1 aromatic rings. The van der Waals surface area contributed by atoms with Gasteiger partial charge < -0.3 is 24.8 Å². The topological polar surface area (TPSA) is 68.8 Å². The summed E-state index contributed by atoms with van der Waals surface area (Å²) in [6.45, 7) is 6.37. The molecule has 25 heavy (non-hydrogen) atoms. The Morgan fingerprint density at radius 2 is 2.20 bits per heavy atom. The van der Waals surface area contributed by atoms with Crippen molar-refractivity contribution in [2.24, 2.45) is 0 Å². The second kappa shape index (κ2) is 9.19. The van der Waals surface area contributed by atoms with E-state index in [1.165, 1.54) is 0 Å². The van der Waals surface area contributed by atoms with Gasteiger partial charge in [0.05, 0.1) is 18.2 Å². The number of rotatable bonds is 8. The molecule has 7 heteroatoms. The standard InChI is InChI=1S/C18H22N2O4S/c1-4-8-23-14-7-5-6-13(11-14)16-15(12(2)19-18(25)20-16)17(21)24-10-9-22-3/h4-7,11,16H,1,8-10H2,2-3H3,(H2,19,20,25)/t16-/m0/s1. The summed E-state index contributed by atoms with van der Waals surface area (Å²) in [5.41, 5.74) is 1.99. The lowest BCUT2D eigenvalue weighted by Gasteiger charge is -2.30. The summed E-state index contributed by atoms with van der Waals surface area (Å²) in [4.78, 5) is 12.5. The van der Waals surface area contributed by atoms with E-state index in [1.54, 1.807) is 20.1 Å². The van der Waals surface area contributed by atoms with Crippen LogP contribution in [0.2, 0.25) is 0 Å². The molecule has 6 nitrogen and oxygen atoms in total. The summed E-state index contributed by atoms with van der Waals surface area (Å²) in [5, 5.41) is 6.55. The normalized spacial score (nSPS) is 16.7. The minimum absolute atomic E-state index is 0.186. The Labute approximate surface area is 152 Å². The smallest absolute Gasteiger partial charge is 0.338 e. The summed E-state index contributed by atoms with van der Waals surface area (Å²) in [5.74, 6) is 0.271. The zero-order valence-corrected chi connectivity index (χ0v) is 15.2. The maximum absolute atomic E-state index is 12.5. The van der Waals surface area contributed by atoms with E-state index in [1.807, 2.05) is 24.3 Å². The minimum atomic E-state index is -0.420. The molecule has 1 aromatic carbocycles. The highest BCUT2D eigenvalue weighted by molar-refractivity contribution is 7.80. The molecule has 0 fully saturated rings. The number of ether oxygens (including phenoxy) is 3. The first kappa shape index (κ1) is 19.0. The van der Waals surface area contributed by atoms with Gasteiger partial charge in [-0.15, -0.1) is 0 Å². The lowest BCUT2D eigenvalue weighted by atomic mass is 9.95. The van der Waals surface area contributed by atoms with Crippen LogP contribution >= 0.6 is 12.2 Å². The van der Waals surface area contributed by atoms with Crippen LogP contribution in [0.5, 0.6) is 5.75 Å². The summed E-state index contributed by atoms with van der Waals surface area (Å²) in [7, 11) is 1.55. The van der Waals surface area contributed by atoms with Crippen LogP contribution in [0.15, 0.2) is 48.2 Å². The number of allylic oxidation sites excluding steroid dienone is 1. The number of benzene rings is 1. The Kier molecular flexibility index (Phi) is 6.97. The molecule has 0 bridgehead atoms. The number of esters is 1. The Bertz CT molecular complexity index is 687. The van der Waals surface area contributed by atoms with Gasteiger partial charge in [-0.1, -0.05) is 24.8 Å². The average molecular weight is 362 g/mol. The van der Waals surface area contributed by atoms with Crippen molar-refractivity contribution < 1.29 is 19.0 Å². The van der Waals surface area contributed by atoms with Gasteiger partial charge in [-0.05, 0) is 36.8 Å². The maximum Gasteiger partial charge on any atom is 0.338 e. The van der Waals surface area contributed by atoms with Crippen molar-refractivity contribution in [3.8, 4) is 5.75 Å². The van der Waals surface area contributed by atoms with E-state index in [0.29, 0.717) is 35.3 Å². The van der Waals surface area contributed by atoms with E-state index < -0.39 is 12.0 Å². The van der Waals surface area contributed by atoms with Crippen LogP contribution in [-0.4, -0.2) is 38.0 Å². The zero-order chi connectivity index (χ0) is 18.2. The fraction of sp³-hybridized carbons (Fsp3) is 0.333. The predicted octanol–water partition coefficient (Wildman–Crippen LogP) is 2.23. The number of thiocarbonyl (C=S) groups is 1. The molecule has 0 aromatic heterocycles. The highest BCUT2D eigenvalue weighted by Crippen LogP contribution is 2.29. The molecule has 2 N–H and O–H groups in total. The van der Waals surface area contributed by atoms with Crippen molar-refractivity contribution in [1.29, 1.82) is 0 Å². The molecule has 0 aliphatic carbocycles. The van der Waals surface area contributed by atoms with Gasteiger partial charge in [-0.2, -0.15) is 0 Å². The molecule has 134 valence electrons. The Morgan fingerprint density at radius 3 is 2.92 bits per heavy atom. The SMILES string of the molecule is C=CCOc1cccc([C@@H]2NC(=S)NC(C)=C2C(=O)OCCOC)c1. The number of carbonyl (C=O) groups is 1. The van der Waals surface area contributed by atoms with Crippen molar-refractivity contribution in [3.05, 3.63) is 53.8 Å². The molecular weight excluding hydrogens is 340 g/mol. The van der Waals surface area contributed by atoms with Gasteiger partial charge in [0.15, 0.2) is 5.11 Å². The van der Waals surface area contributed by atoms with Crippen LogP contribution < -0.4 is 15.4 Å². The van der Waals surface area contributed by atoms with E-state index in [0.717, 1.165) is 5.56 Å². The third kappa shape index (κ3) is 5.04. The molecule has 1 aliphatic heterocycles. The van der Waals surface area contributed by atoms with Crippen LogP contribution in [0, 0.1) is 0 Å². The quantitative estimate of drug-likeness (QED) is 0.318. The highest BCUT2D eigenvalue weighted by atomic mass is 32.1. The fourth-order valence-corrected chi connectivity index (χ4v) is 2.72. The number of nitrogens with one attached hydrogen (secondary N) is 2. The lowest BCUT2D eigenvalue weighted by molar-refractivity contribution is -0.140. The van der Waals surface area contributed by atoms with Gasteiger partial charge in [0.2, 0.25) is 0 Å². The molecule has 1 atom stereocenters. The summed E-state index contributed by atoms with van der Waals surface area (Å²) in [6.07, 6.45) is 1.67. The third-order valence-electron chi connectivity index (χ3n) is 3.57. The third-order valence-corrected chi connectivity index (χ3v) is 3.79. The number of carbonyl (C=O) groups excluding carboxylic acids is 1. The second-order valence-electron chi connectivity index (χ2n) is 5.37. The molecule has 0 saturated heterocycles. The van der Waals surface area contributed by atoms with Crippen molar-refractivity contribution in [2.45, 2.75) is 13.0 Å². The molecule has 1 heterocycles. The van der Waals surface area contributed by atoms with Crippen LogP contribution in [0.1, 0.15) is 18.5 Å². The summed E-state index contributed by atoms with van der Waals surface area (Å²) in [6, 6.07) is 7.06. The highest BCUT2D eigenvalue weighted by Gasteiger charge is 2.31. The van der Waals surface area contributed by atoms with Crippen molar-refractivity contribution >= 4 is 23.3 Å². The Balaban J connectivity index is 2.29. The molecule has 2 rings (SSSR count). The first-order valence-corrected chi connectivity index (χ1v) is 8.25. The van der Waals surface area contributed by atoms with E-state index in [9.17, 15) is 4.79 Å². The monoisotopic (exact) mass is 362 g/mol. The van der Waals surface area contributed by atoms with Gasteiger partial charge in [0, 0.05) is 12.8 Å². The van der Waals surface area contributed by atoms with Crippen molar-refractivity contribution in [1.82, 2.24) is 10.6 Å². The van der Waals surface area contributed by atoms with E-state index in [-0.39, 0.29) is 6.61 Å². The molecule has 1 aliphatic rings. The molecule has 0 unspecified atom stereocenters. The summed E-state index contributed by atoms with van der Waals surface area (Å²) >= 11 is 5.24. The van der Waals surface area contributed by atoms with E-state index in [2.05, 4.69) is 17.2 Å².